The quantitative estimate of drug-likeness (QED) is 0.845. The van der Waals surface area contributed by atoms with E-state index in [1.54, 1.807) is 25.3 Å². The lowest BCUT2D eigenvalue weighted by Gasteiger charge is -2.22. The summed E-state index contributed by atoms with van der Waals surface area (Å²) >= 11 is 0. The molecule has 0 fully saturated rings. The SMILES string of the molecule is COc1ccc(F)cc1N(C)c1ccc(N)cc1. The average molecular weight is 246 g/mol. The molecule has 94 valence electrons. The second kappa shape index (κ2) is 4.96. The topological polar surface area (TPSA) is 38.5 Å². The van der Waals surface area contributed by atoms with Crippen LogP contribution in [0.15, 0.2) is 42.5 Å². The molecule has 0 spiro atoms. The van der Waals surface area contributed by atoms with Crippen LogP contribution in [0.5, 0.6) is 5.75 Å². The normalized spacial score (nSPS) is 10.2. The second-order valence-corrected chi connectivity index (χ2v) is 3.97. The second-order valence-electron chi connectivity index (χ2n) is 3.97. The molecule has 0 amide bonds. The van der Waals surface area contributed by atoms with E-state index in [1.807, 2.05) is 24.1 Å². The molecule has 0 bridgehead atoms. The summed E-state index contributed by atoms with van der Waals surface area (Å²) in [5.41, 5.74) is 7.91. The van der Waals surface area contributed by atoms with Crippen LogP contribution in [0.4, 0.5) is 21.5 Å². The third-order valence-electron chi connectivity index (χ3n) is 2.78. The van der Waals surface area contributed by atoms with E-state index in [2.05, 4.69) is 0 Å². The maximum atomic E-state index is 13.3. The highest BCUT2D eigenvalue weighted by Crippen LogP contribution is 2.33. The van der Waals surface area contributed by atoms with Crippen molar-refractivity contribution in [3.63, 3.8) is 0 Å². The van der Waals surface area contributed by atoms with Crippen molar-refractivity contribution < 1.29 is 9.13 Å². The standard InChI is InChI=1S/C14H15FN2O/c1-17(12-6-4-11(16)5-7-12)13-9-10(15)3-8-14(13)18-2/h3-9H,16H2,1-2H3. The largest absolute Gasteiger partial charge is 0.495 e. The van der Waals surface area contributed by atoms with Gasteiger partial charge in [0.2, 0.25) is 0 Å². The van der Waals surface area contributed by atoms with E-state index in [1.165, 1.54) is 12.1 Å². The van der Waals surface area contributed by atoms with Crippen molar-refractivity contribution in [3.8, 4) is 5.75 Å². The molecule has 0 unspecified atom stereocenters. The minimum atomic E-state index is -0.298. The van der Waals surface area contributed by atoms with Crippen LogP contribution in [0.25, 0.3) is 0 Å². The molecule has 0 radical (unpaired) electrons. The molecule has 0 aliphatic heterocycles. The third kappa shape index (κ3) is 2.37. The molecule has 0 saturated carbocycles. The van der Waals surface area contributed by atoms with Gasteiger partial charge in [0.05, 0.1) is 12.8 Å². The third-order valence-corrected chi connectivity index (χ3v) is 2.78. The average Bonchev–Trinajstić information content (AvgIpc) is 2.39. The lowest BCUT2D eigenvalue weighted by molar-refractivity contribution is 0.414. The molecular weight excluding hydrogens is 231 g/mol. The molecule has 18 heavy (non-hydrogen) atoms. The summed E-state index contributed by atoms with van der Waals surface area (Å²) in [7, 11) is 3.41. The molecule has 0 aliphatic rings. The zero-order chi connectivity index (χ0) is 13.1. The highest BCUT2D eigenvalue weighted by molar-refractivity contribution is 5.69. The van der Waals surface area contributed by atoms with Crippen molar-refractivity contribution >= 4 is 17.1 Å². The summed E-state index contributed by atoms with van der Waals surface area (Å²) in [5.74, 6) is 0.323. The van der Waals surface area contributed by atoms with Crippen molar-refractivity contribution in [2.24, 2.45) is 0 Å². The van der Waals surface area contributed by atoms with E-state index in [9.17, 15) is 4.39 Å². The Hall–Kier alpha value is -2.23. The van der Waals surface area contributed by atoms with Gasteiger partial charge in [-0.15, -0.1) is 0 Å². The Kier molecular flexibility index (Phi) is 3.37. The molecule has 4 heteroatoms. The van der Waals surface area contributed by atoms with Gasteiger partial charge in [-0.1, -0.05) is 0 Å². The number of ether oxygens (including phenoxy) is 1. The van der Waals surface area contributed by atoms with E-state index < -0.39 is 0 Å². The number of nitrogens with two attached hydrogens (primary N) is 1. The Morgan fingerprint density at radius 1 is 1.11 bits per heavy atom. The first-order valence-corrected chi connectivity index (χ1v) is 5.54. The summed E-state index contributed by atoms with van der Waals surface area (Å²) in [6, 6.07) is 11.8. The van der Waals surface area contributed by atoms with E-state index >= 15 is 0 Å². The van der Waals surface area contributed by atoms with Gasteiger partial charge in [-0.2, -0.15) is 0 Å². The number of anilines is 3. The predicted molar refractivity (Wildman–Crippen MR) is 71.9 cm³/mol. The molecule has 0 saturated heterocycles. The van der Waals surface area contributed by atoms with E-state index in [4.69, 9.17) is 10.5 Å². The first-order valence-electron chi connectivity index (χ1n) is 5.54. The summed E-state index contributed by atoms with van der Waals surface area (Å²) in [4.78, 5) is 1.85. The molecule has 0 aliphatic carbocycles. The van der Waals surface area contributed by atoms with Gasteiger partial charge in [-0.05, 0) is 36.4 Å². The number of nitrogen functional groups attached to an aromatic ring is 1. The molecular formula is C14H15FN2O. The van der Waals surface area contributed by atoms with Gasteiger partial charge >= 0.3 is 0 Å². The highest BCUT2D eigenvalue weighted by atomic mass is 19.1. The van der Waals surface area contributed by atoms with Crippen LogP contribution in [0.1, 0.15) is 0 Å². The van der Waals surface area contributed by atoms with Gasteiger partial charge in [-0.3, -0.25) is 0 Å². The molecule has 0 heterocycles. The number of nitrogens with zero attached hydrogens (tertiary/aromatic N) is 1. The smallest absolute Gasteiger partial charge is 0.142 e. The van der Waals surface area contributed by atoms with Crippen molar-refractivity contribution in [1.29, 1.82) is 0 Å². The van der Waals surface area contributed by atoms with Gasteiger partial charge in [0.1, 0.15) is 11.6 Å². The van der Waals surface area contributed by atoms with Gasteiger partial charge in [0.25, 0.3) is 0 Å². The minimum absolute atomic E-state index is 0.298. The summed E-state index contributed by atoms with van der Waals surface area (Å²) in [6.45, 7) is 0. The van der Waals surface area contributed by atoms with Crippen molar-refractivity contribution in [2.75, 3.05) is 24.8 Å². The Bertz CT molecular complexity index is 540. The van der Waals surface area contributed by atoms with Crippen LogP contribution in [-0.2, 0) is 0 Å². The summed E-state index contributed by atoms with van der Waals surface area (Å²) in [5, 5.41) is 0. The highest BCUT2D eigenvalue weighted by Gasteiger charge is 2.11. The molecule has 3 nitrogen and oxygen atoms in total. The van der Waals surface area contributed by atoms with E-state index in [-0.39, 0.29) is 5.82 Å². The molecule has 0 atom stereocenters. The Labute approximate surface area is 106 Å². The Balaban J connectivity index is 2.41. The fraction of sp³-hybridized carbons (Fsp3) is 0.143. The molecule has 2 rings (SSSR count). The van der Waals surface area contributed by atoms with Gasteiger partial charge in [-0.25, -0.2) is 4.39 Å². The lowest BCUT2D eigenvalue weighted by atomic mass is 10.2. The van der Waals surface area contributed by atoms with Crippen LogP contribution in [0.2, 0.25) is 0 Å². The van der Waals surface area contributed by atoms with E-state index in [0.29, 0.717) is 17.1 Å². The molecule has 2 aromatic rings. The summed E-state index contributed by atoms with van der Waals surface area (Å²) in [6.07, 6.45) is 0. The van der Waals surface area contributed by atoms with E-state index in [0.717, 1.165) is 5.69 Å². The fourth-order valence-corrected chi connectivity index (χ4v) is 1.76. The van der Waals surface area contributed by atoms with Crippen LogP contribution in [0.3, 0.4) is 0 Å². The maximum absolute atomic E-state index is 13.3. The number of benzene rings is 2. The Morgan fingerprint density at radius 3 is 2.39 bits per heavy atom. The molecule has 0 aromatic heterocycles. The van der Waals surface area contributed by atoms with Crippen LogP contribution in [0, 0.1) is 5.82 Å². The zero-order valence-electron chi connectivity index (χ0n) is 10.4. The molecule has 2 aromatic carbocycles. The molecule has 2 N–H and O–H groups in total. The van der Waals surface area contributed by atoms with Crippen molar-refractivity contribution in [3.05, 3.63) is 48.3 Å². The Morgan fingerprint density at radius 2 is 1.78 bits per heavy atom. The van der Waals surface area contributed by atoms with Crippen molar-refractivity contribution in [2.45, 2.75) is 0 Å². The first kappa shape index (κ1) is 12.2. The van der Waals surface area contributed by atoms with Gasteiger partial charge in [0.15, 0.2) is 0 Å². The van der Waals surface area contributed by atoms with Crippen LogP contribution < -0.4 is 15.4 Å². The minimum Gasteiger partial charge on any atom is -0.495 e. The zero-order valence-corrected chi connectivity index (χ0v) is 10.4. The fourth-order valence-electron chi connectivity index (χ4n) is 1.76. The number of rotatable bonds is 3. The van der Waals surface area contributed by atoms with Crippen LogP contribution >= 0.6 is 0 Å². The number of halogens is 1. The van der Waals surface area contributed by atoms with Gasteiger partial charge in [0, 0.05) is 24.5 Å². The predicted octanol–water partition coefficient (Wildman–Crippen LogP) is 3.18. The number of hydrogen-bond acceptors (Lipinski definition) is 3. The first-order chi connectivity index (χ1) is 8.61. The summed E-state index contributed by atoms with van der Waals surface area (Å²) < 4.78 is 18.6. The number of methoxy groups -OCH3 is 1. The monoisotopic (exact) mass is 246 g/mol. The number of hydrogen-bond donors (Lipinski definition) is 1. The van der Waals surface area contributed by atoms with Crippen molar-refractivity contribution in [1.82, 2.24) is 0 Å². The maximum Gasteiger partial charge on any atom is 0.142 e. The van der Waals surface area contributed by atoms with Gasteiger partial charge < -0.3 is 15.4 Å². The van der Waals surface area contributed by atoms with Crippen LogP contribution in [-0.4, -0.2) is 14.2 Å². The lowest BCUT2D eigenvalue weighted by Crippen LogP contribution is -2.11.